The number of nitrogens with zero attached hydrogens (tertiary/aromatic N) is 3. The van der Waals surface area contributed by atoms with E-state index in [0.29, 0.717) is 0 Å². The highest BCUT2D eigenvalue weighted by Gasteiger charge is 2.42. The number of aromatic nitrogens is 2. The van der Waals surface area contributed by atoms with Crippen LogP contribution in [0.1, 0.15) is 24.3 Å². The van der Waals surface area contributed by atoms with Crippen LogP contribution in [-0.2, 0) is 0 Å². The summed E-state index contributed by atoms with van der Waals surface area (Å²) in [5, 5.41) is 3.57. The zero-order valence-corrected chi connectivity index (χ0v) is 27.0. The van der Waals surface area contributed by atoms with Crippen LogP contribution < -0.4 is 4.90 Å². The van der Waals surface area contributed by atoms with Gasteiger partial charge in [-0.3, -0.25) is 0 Å². The van der Waals surface area contributed by atoms with Crippen LogP contribution in [0.5, 0.6) is 0 Å². The first-order valence-electron chi connectivity index (χ1n) is 17.2. The van der Waals surface area contributed by atoms with Crippen molar-refractivity contribution in [3.05, 3.63) is 181 Å². The molecule has 2 atom stereocenters. The van der Waals surface area contributed by atoms with E-state index in [9.17, 15) is 0 Å². The van der Waals surface area contributed by atoms with E-state index >= 15 is 0 Å². The first-order chi connectivity index (χ1) is 24.3. The predicted octanol–water partition coefficient (Wildman–Crippen LogP) is 11.6. The number of hydrogen-bond acceptors (Lipinski definition) is 3. The monoisotopic (exact) mass is 627 g/mol. The molecule has 0 fully saturated rings. The minimum atomic E-state index is 0.234. The molecule has 2 unspecified atom stereocenters. The van der Waals surface area contributed by atoms with Crippen molar-refractivity contribution in [3.63, 3.8) is 0 Å². The molecule has 0 amide bonds. The van der Waals surface area contributed by atoms with Gasteiger partial charge in [-0.15, -0.1) is 0 Å². The normalized spacial score (nSPS) is 17.8. The van der Waals surface area contributed by atoms with E-state index in [0.717, 1.165) is 46.4 Å². The number of benzene rings is 6. The van der Waals surface area contributed by atoms with E-state index in [1.807, 2.05) is 0 Å². The van der Waals surface area contributed by atoms with Crippen LogP contribution in [0.2, 0.25) is 0 Å². The van der Waals surface area contributed by atoms with Gasteiger partial charge in [0.15, 0.2) is 5.82 Å². The van der Waals surface area contributed by atoms with E-state index in [2.05, 4.69) is 169 Å². The number of fused-ring (bicyclic) bond motifs is 6. The standard InChI is InChI=1S/C46H33N3/c1-2-14-35(15-3-1)49-43-28-26-34(29-41(43)39-27-25-31-12-5-7-17-38(31)45(39)49)46-47-42-20-9-8-18-40(42)44(48-46)33-23-21-32(22-24-33)37-19-10-13-30-11-4-6-16-36(30)37/h1-4,6-11,13-29,39,45H,5,12H2. The maximum atomic E-state index is 5.30. The minimum absolute atomic E-state index is 0.234. The summed E-state index contributed by atoms with van der Waals surface area (Å²) < 4.78 is 0. The molecule has 232 valence electrons. The fourth-order valence-corrected chi connectivity index (χ4v) is 8.19. The second kappa shape index (κ2) is 11.3. The zero-order chi connectivity index (χ0) is 32.3. The van der Waals surface area contributed by atoms with Crippen molar-refractivity contribution in [2.75, 3.05) is 4.90 Å². The van der Waals surface area contributed by atoms with Crippen molar-refractivity contribution in [2.45, 2.75) is 24.8 Å². The van der Waals surface area contributed by atoms with Gasteiger partial charge in [0.05, 0.1) is 17.3 Å². The van der Waals surface area contributed by atoms with E-state index < -0.39 is 0 Å². The molecule has 3 nitrogen and oxygen atoms in total. The van der Waals surface area contributed by atoms with Crippen molar-refractivity contribution < 1.29 is 0 Å². The third kappa shape index (κ3) is 4.57. The third-order valence-corrected chi connectivity index (χ3v) is 10.5. The smallest absolute Gasteiger partial charge is 0.160 e. The summed E-state index contributed by atoms with van der Waals surface area (Å²) in [4.78, 5) is 13.0. The Kier molecular flexibility index (Phi) is 6.45. The molecule has 10 rings (SSSR count). The molecule has 0 N–H and O–H groups in total. The Morgan fingerprint density at radius 1 is 0.612 bits per heavy atom. The van der Waals surface area contributed by atoms with Crippen LogP contribution in [0.4, 0.5) is 11.4 Å². The summed E-state index contributed by atoms with van der Waals surface area (Å²) in [5.74, 6) is 1.000. The van der Waals surface area contributed by atoms with Gasteiger partial charge in [-0.1, -0.05) is 127 Å². The minimum Gasteiger partial charge on any atom is -0.333 e. The Hall–Kier alpha value is -6.06. The summed E-state index contributed by atoms with van der Waals surface area (Å²) in [6.07, 6.45) is 11.7. The Bertz CT molecular complexity index is 2500. The van der Waals surface area contributed by atoms with Gasteiger partial charge >= 0.3 is 0 Å². The number of allylic oxidation sites excluding steroid dienone is 3. The van der Waals surface area contributed by atoms with Crippen LogP contribution in [-0.4, -0.2) is 16.0 Å². The Labute approximate surface area is 286 Å². The number of rotatable bonds is 4. The van der Waals surface area contributed by atoms with Crippen LogP contribution in [0.25, 0.3) is 55.4 Å². The molecule has 1 aromatic heterocycles. The van der Waals surface area contributed by atoms with E-state index in [-0.39, 0.29) is 12.0 Å². The maximum Gasteiger partial charge on any atom is 0.160 e. The fourth-order valence-electron chi connectivity index (χ4n) is 8.19. The molecule has 49 heavy (non-hydrogen) atoms. The second-order valence-corrected chi connectivity index (χ2v) is 13.2. The van der Waals surface area contributed by atoms with Gasteiger partial charge in [-0.2, -0.15) is 0 Å². The second-order valence-electron chi connectivity index (χ2n) is 13.2. The molecule has 0 radical (unpaired) electrons. The van der Waals surface area contributed by atoms with Crippen LogP contribution >= 0.6 is 0 Å². The van der Waals surface area contributed by atoms with Gasteiger partial charge < -0.3 is 4.90 Å². The van der Waals surface area contributed by atoms with E-state index in [1.54, 1.807) is 0 Å². The highest BCUT2D eigenvalue weighted by atomic mass is 15.2. The molecule has 3 aliphatic rings. The van der Waals surface area contributed by atoms with Crippen molar-refractivity contribution in [2.24, 2.45) is 0 Å². The molecule has 0 bridgehead atoms. The highest BCUT2D eigenvalue weighted by Crippen LogP contribution is 2.52. The summed E-state index contributed by atoms with van der Waals surface area (Å²) in [6, 6.07) is 50.2. The average Bonchev–Trinajstić information content (AvgIpc) is 3.52. The molecular weight excluding hydrogens is 595 g/mol. The number of anilines is 2. The molecule has 0 saturated carbocycles. The first-order valence-corrected chi connectivity index (χ1v) is 17.2. The summed E-state index contributed by atoms with van der Waals surface area (Å²) >= 11 is 0. The van der Waals surface area contributed by atoms with Gasteiger partial charge in [-0.05, 0) is 87.8 Å². The lowest BCUT2D eigenvalue weighted by Crippen LogP contribution is -2.33. The zero-order valence-electron chi connectivity index (χ0n) is 27.0. The molecule has 3 heteroatoms. The van der Waals surface area contributed by atoms with E-state index in [1.165, 1.54) is 50.0 Å². The summed E-state index contributed by atoms with van der Waals surface area (Å²) in [5.41, 5.74) is 13.2. The summed E-state index contributed by atoms with van der Waals surface area (Å²) in [6.45, 7) is 0. The largest absolute Gasteiger partial charge is 0.333 e. The van der Waals surface area contributed by atoms with Gasteiger partial charge in [0, 0.05) is 33.8 Å². The topological polar surface area (TPSA) is 29.0 Å². The Balaban J connectivity index is 1.08. The van der Waals surface area contributed by atoms with Gasteiger partial charge in [0.25, 0.3) is 0 Å². The maximum absolute atomic E-state index is 5.30. The van der Waals surface area contributed by atoms with Crippen LogP contribution in [0.3, 0.4) is 0 Å². The molecule has 7 aromatic rings. The van der Waals surface area contributed by atoms with Gasteiger partial charge in [-0.25, -0.2) is 9.97 Å². The Morgan fingerprint density at radius 3 is 2.27 bits per heavy atom. The molecule has 6 aromatic carbocycles. The lowest BCUT2D eigenvalue weighted by atomic mass is 9.79. The lowest BCUT2D eigenvalue weighted by Gasteiger charge is -2.35. The fraction of sp³-hybridized carbons (Fsp3) is 0.0870. The predicted molar refractivity (Wildman–Crippen MR) is 203 cm³/mol. The van der Waals surface area contributed by atoms with E-state index in [4.69, 9.17) is 9.97 Å². The molecule has 0 spiro atoms. The van der Waals surface area contributed by atoms with Crippen molar-refractivity contribution in [3.8, 4) is 33.8 Å². The van der Waals surface area contributed by atoms with Gasteiger partial charge in [0.2, 0.25) is 0 Å². The molecule has 0 saturated heterocycles. The molecule has 2 heterocycles. The highest BCUT2D eigenvalue weighted by molar-refractivity contribution is 5.98. The Morgan fingerprint density at radius 2 is 1.37 bits per heavy atom. The third-order valence-electron chi connectivity index (χ3n) is 10.5. The van der Waals surface area contributed by atoms with Crippen molar-refractivity contribution in [1.29, 1.82) is 0 Å². The summed E-state index contributed by atoms with van der Waals surface area (Å²) in [7, 11) is 0. The molecule has 2 aliphatic carbocycles. The number of para-hydroxylation sites is 2. The van der Waals surface area contributed by atoms with Gasteiger partial charge in [0.1, 0.15) is 0 Å². The average molecular weight is 628 g/mol. The van der Waals surface area contributed by atoms with Crippen molar-refractivity contribution >= 4 is 33.1 Å². The molecule has 1 aliphatic heterocycles. The molecular formula is C46H33N3. The van der Waals surface area contributed by atoms with Crippen molar-refractivity contribution in [1.82, 2.24) is 9.97 Å². The quantitative estimate of drug-likeness (QED) is 0.194. The van der Waals surface area contributed by atoms with Crippen LogP contribution in [0, 0.1) is 0 Å². The first kappa shape index (κ1) is 28.0. The van der Waals surface area contributed by atoms with Crippen LogP contribution in [0.15, 0.2) is 175 Å². The lowest BCUT2D eigenvalue weighted by molar-refractivity contribution is 0.697. The SMILES string of the molecule is C1=CC2=C(C=CC3c4cc(-c5nc(-c6ccc(-c7cccc8ccccc78)cc6)c6ccccc6n5)ccc4N(c4ccccc4)C23)CC1. The number of hydrogen-bond donors (Lipinski definition) is 0.